The van der Waals surface area contributed by atoms with Gasteiger partial charge in [-0.3, -0.25) is 4.90 Å². The Kier molecular flexibility index (Phi) is 3.88. The number of hydrogen-bond acceptors (Lipinski definition) is 1. The van der Waals surface area contributed by atoms with Crippen molar-refractivity contribution < 1.29 is 0 Å². The molecule has 1 heterocycles. The third-order valence-corrected chi connectivity index (χ3v) is 4.52. The Balaban J connectivity index is 2.15. The van der Waals surface area contributed by atoms with Gasteiger partial charge in [0.05, 0.1) is 0 Å². The van der Waals surface area contributed by atoms with Crippen LogP contribution >= 0.6 is 0 Å². The fraction of sp³-hybridized carbons (Fsp3) is 0.625. The molecule has 0 aliphatic carbocycles. The molecule has 1 aromatic carbocycles. The van der Waals surface area contributed by atoms with Crippen LogP contribution in [0.3, 0.4) is 0 Å². The molecule has 1 aliphatic rings. The lowest BCUT2D eigenvalue weighted by Crippen LogP contribution is -2.52. The molecule has 17 heavy (non-hydrogen) atoms. The topological polar surface area (TPSA) is 3.24 Å². The Bertz CT molecular complexity index is 346. The van der Waals surface area contributed by atoms with Gasteiger partial charge in [0, 0.05) is 18.1 Å². The molecule has 0 radical (unpaired) electrons. The zero-order chi connectivity index (χ0) is 12.3. The van der Waals surface area contributed by atoms with E-state index in [-0.39, 0.29) is 0 Å². The van der Waals surface area contributed by atoms with E-state index < -0.39 is 0 Å². The van der Waals surface area contributed by atoms with E-state index in [4.69, 9.17) is 0 Å². The van der Waals surface area contributed by atoms with Gasteiger partial charge in [-0.05, 0) is 38.7 Å². The van der Waals surface area contributed by atoms with Crippen molar-refractivity contribution in [1.82, 2.24) is 4.90 Å². The summed E-state index contributed by atoms with van der Waals surface area (Å²) in [5, 5.41) is 0. The first-order chi connectivity index (χ1) is 8.15. The van der Waals surface area contributed by atoms with E-state index in [9.17, 15) is 0 Å². The third-order valence-electron chi connectivity index (χ3n) is 4.52. The van der Waals surface area contributed by atoms with Crippen LogP contribution in [0.15, 0.2) is 30.3 Å². The fourth-order valence-corrected chi connectivity index (χ4v) is 3.12. The predicted octanol–water partition coefficient (Wildman–Crippen LogP) is 4.23. The lowest BCUT2D eigenvalue weighted by Gasteiger charge is -2.48. The van der Waals surface area contributed by atoms with Gasteiger partial charge in [0.25, 0.3) is 0 Å². The maximum Gasteiger partial charge on any atom is 0.0241 e. The van der Waals surface area contributed by atoms with Crippen LogP contribution in [0.5, 0.6) is 0 Å². The molecule has 0 spiro atoms. The molecule has 0 aromatic heterocycles. The molecule has 0 unspecified atom stereocenters. The van der Waals surface area contributed by atoms with E-state index in [0.29, 0.717) is 11.6 Å². The Morgan fingerprint density at radius 3 is 2.65 bits per heavy atom. The lowest BCUT2D eigenvalue weighted by molar-refractivity contribution is 0.00812. The molecule has 0 N–H and O–H groups in total. The zero-order valence-electron chi connectivity index (χ0n) is 11.4. The average molecular weight is 231 g/mol. The third kappa shape index (κ3) is 2.71. The summed E-state index contributed by atoms with van der Waals surface area (Å²) in [6, 6.07) is 11.6. The SMILES string of the molecule is CC[C@@]1(C)CCC[C@@H](C)N1Cc1ccccc1. The van der Waals surface area contributed by atoms with Crippen LogP contribution in [0, 0.1) is 0 Å². The highest BCUT2D eigenvalue weighted by atomic mass is 15.2. The standard InChI is InChI=1S/C16H25N/c1-4-16(3)12-8-9-14(2)17(16)13-15-10-6-5-7-11-15/h5-7,10-11,14H,4,8-9,12-13H2,1-3H3/t14-,16+/m1/s1. The molecule has 0 saturated carbocycles. The largest absolute Gasteiger partial charge is 0.291 e. The van der Waals surface area contributed by atoms with Gasteiger partial charge in [-0.25, -0.2) is 0 Å². The minimum atomic E-state index is 0.396. The number of benzene rings is 1. The van der Waals surface area contributed by atoms with Crippen LogP contribution < -0.4 is 0 Å². The summed E-state index contributed by atoms with van der Waals surface area (Å²) in [6.45, 7) is 8.25. The average Bonchev–Trinajstić information content (AvgIpc) is 2.35. The smallest absolute Gasteiger partial charge is 0.0241 e. The van der Waals surface area contributed by atoms with Crippen molar-refractivity contribution in [1.29, 1.82) is 0 Å². The van der Waals surface area contributed by atoms with Crippen LogP contribution in [0.4, 0.5) is 0 Å². The van der Waals surface area contributed by atoms with Crippen LogP contribution in [-0.2, 0) is 6.54 Å². The van der Waals surface area contributed by atoms with Gasteiger partial charge in [0.2, 0.25) is 0 Å². The maximum atomic E-state index is 2.71. The molecule has 94 valence electrons. The van der Waals surface area contributed by atoms with Crippen LogP contribution in [-0.4, -0.2) is 16.5 Å². The van der Waals surface area contributed by atoms with Crippen LogP contribution in [0.25, 0.3) is 0 Å². The molecule has 1 aliphatic heterocycles. The summed E-state index contributed by atoms with van der Waals surface area (Å²) in [5.74, 6) is 0. The molecule has 1 nitrogen and oxygen atoms in total. The molecule has 1 aromatic rings. The normalized spacial score (nSPS) is 30.4. The van der Waals surface area contributed by atoms with E-state index in [0.717, 1.165) is 6.54 Å². The second kappa shape index (κ2) is 5.22. The van der Waals surface area contributed by atoms with Crippen LogP contribution in [0.1, 0.15) is 52.0 Å². The van der Waals surface area contributed by atoms with Gasteiger partial charge in [-0.2, -0.15) is 0 Å². The molecule has 1 heteroatoms. The first-order valence-corrected chi connectivity index (χ1v) is 6.96. The van der Waals surface area contributed by atoms with E-state index >= 15 is 0 Å². The van der Waals surface area contributed by atoms with E-state index in [1.807, 2.05) is 0 Å². The first-order valence-electron chi connectivity index (χ1n) is 6.96. The summed E-state index contributed by atoms with van der Waals surface area (Å²) in [4.78, 5) is 2.71. The van der Waals surface area contributed by atoms with E-state index in [1.165, 1.54) is 31.2 Å². The summed E-state index contributed by atoms with van der Waals surface area (Å²) in [5.41, 5.74) is 1.84. The molecule has 2 rings (SSSR count). The van der Waals surface area contributed by atoms with Gasteiger partial charge in [0.1, 0.15) is 0 Å². The summed E-state index contributed by atoms with van der Waals surface area (Å²) >= 11 is 0. The Labute approximate surface area is 106 Å². The summed E-state index contributed by atoms with van der Waals surface area (Å²) in [7, 11) is 0. The molecule has 2 atom stereocenters. The maximum absolute atomic E-state index is 2.71. The number of piperidine rings is 1. The van der Waals surface area contributed by atoms with Crippen molar-refractivity contribution in [3.05, 3.63) is 35.9 Å². The molecule has 0 bridgehead atoms. The fourth-order valence-electron chi connectivity index (χ4n) is 3.12. The molecule has 1 saturated heterocycles. The van der Waals surface area contributed by atoms with Gasteiger partial charge >= 0.3 is 0 Å². The highest BCUT2D eigenvalue weighted by Crippen LogP contribution is 2.35. The number of rotatable bonds is 3. The second-order valence-corrected chi connectivity index (χ2v) is 5.71. The van der Waals surface area contributed by atoms with E-state index in [2.05, 4.69) is 56.0 Å². The monoisotopic (exact) mass is 231 g/mol. The van der Waals surface area contributed by atoms with Crippen molar-refractivity contribution in [3.8, 4) is 0 Å². The quantitative estimate of drug-likeness (QED) is 0.752. The van der Waals surface area contributed by atoms with Crippen molar-refractivity contribution >= 4 is 0 Å². The minimum absolute atomic E-state index is 0.396. The van der Waals surface area contributed by atoms with Crippen molar-refractivity contribution in [3.63, 3.8) is 0 Å². The van der Waals surface area contributed by atoms with Gasteiger partial charge in [-0.1, -0.05) is 43.7 Å². The Morgan fingerprint density at radius 2 is 2.00 bits per heavy atom. The van der Waals surface area contributed by atoms with Crippen molar-refractivity contribution in [2.75, 3.05) is 0 Å². The predicted molar refractivity (Wildman–Crippen MR) is 74.0 cm³/mol. The Hall–Kier alpha value is -0.820. The van der Waals surface area contributed by atoms with E-state index in [1.54, 1.807) is 0 Å². The second-order valence-electron chi connectivity index (χ2n) is 5.71. The number of hydrogen-bond donors (Lipinski definition) is 0. The zero-order valence-corrected chi connectivity index (χ0v) is 11.4. The van der Waals surface area contributed by atoms with Crippen LogP contribution in [0.2, 0.25) is 0 Å². The molecule has 0 amide bonds. The highest BCUT2D eigenvalue weighted by molar-refractivity contribution is 5.15. The molecule has 1 fully saturated rings. The summed E-state index contributed by atoms with van der Waals surface area (Å²) < 4.78 is 0. The highest BCUT2D eigenvalue weighted by Gasteiger charge is 2.36. The lowest BCUT2D eigenvalue weighted by atomic mass is 9.83. The van der Waals surface area contributed by atoms with Gasteiger partial charge in [-0.15, -0.1) is 0 Å². The minimum Gasteiger partial charge on any atom is -0.291 e. The first kappa shape index (κ1) is 12.6. The Morgan fingerprint density at radius 1 is 1.29 bits per heavy atom. The van der Waals surface area contributed by atoms with Gasteiger partial charge in [0.15, 0.2) is 0 Å². The molecular weight excluding hydrogens is 206 g/mol. The van der Waals surface area contributed by atoms with Crippen molar-refractivity contribution in [2.45, 2.75) is 64.6 Å². The number of likely N-dealkylation sites (tertiary alicyclic amines) is 1. The number of nitrogens with zero attached hydrogens (tertiary/aromatic N) is 1. The van der Waals surface area contributed by atoms with Crippen molar-refractivity contribution in [2.24, 2.45) is 0 Å². The van der Waals surface area contributed by atoms with Gasteiger partial charge < -0.3 is 0 Å². The summed E-state index contributed by atoms with van der Waals surface area (Å²) in [6.07, 6.45) is 5.34. The molecular formula is C16H25N.